The molecular formula is C27H23ClNO2P. The van der Waals surface area contributed by atoms with Gasteiger partial charge in [-0.25, -0.2) is 0 Å². The topological polar surface area (TPSA) is 46.2 Å². The summed E-state index contributed by atoms with van der Waals surface area (Å²) in [5.74, 6) is -0.975. The minimum absolute atomic E-state index is 0. The Hall–Kier alpha value is -3.26. The summed E-state index contributed by atoms with van der Waals surface area (Å²) in [5, 5.41) is 6.18. The van der Waals surface area contributed by atoms with Crippen LogP contribution in [-0.2, 0) is 4.79 Å². The predicted octanol–water partition coefficient (Wildman–Crippen LogP) is 0.939. The predicted molar refractivity (Wildman–Crippen MR) is 129 cm³/mol. The summed E-state index contributed by atoms with van der Waals surface area (Å²) in [6.45, 7) is 0. The SMILES string of the molecule is O=CC(NC(=O)c1ccccc1)[P+](c1ccccc1)(c1ccccc1)c1ccccc1.[Cl-]. The molecule has 0 radical (unpaired) electrons. The van der Waals surface area contributed by atoms with Gasteiger partial charge in [-0.1, -0.05) is 72.8 Å². The van der Waals surface area contributed by atoms with Crippen molar-refractivity contribution < 1.29 is 22.0 Å². The summed E-state index contributed by atoms with van der Waals surface area (Å²) in [6.07, 6.45) is 0.890. The molecule has 160 valence electrons. The van der Waals surface area contributed by atoms with Gasteiger partial charge in [0.25, 0.3) is 5.91 Å². The first-order valence-electron chi connectivity index (χ1n) is 10.1. The number of carbonyl (C=O) groups is 2. The highest BCUT2D eigenvalue weighted by Gasteiger charge is 2.53. The van der Waals surface area contributed by atoms with Crippen LogP contribution in [0.4, 0.5) is 0 Å². The van der Waals surface area contributed by atoms with E-state index in [1.807, 2.05) is 72.8 Å². The summed E-state index contributed by atoms with van der Waals surface area (Å²) in [4.78, 5) is 25.8. The third-order valence-electron chi connectivity index (χ3n) is 5.35. The highest BCUT2D eigenvalue weighted by molar-refractivity contribution is 7.96. The fraction of sp³-hybridized carbons (Fsp3) is 0.0370. The number of rotatable bonds is 7. The molecule has 0 saturated heterocycles. The largest absolute Gasteiger partial charge is 1.00 e. The molecule has 4 aromatic rings. The monoisotopic (exact) mass is 459 g/mol. The van der Waals surface area contributed by atoms with Crippen LogP contribution >= 0.6 is 7.26 Å². The summed E-state index contributed by atoms with van der Waals surface area (Å²) < 4.78 is 0. The van der Waals surface area contributed by atoms with Crippen LogP contribution in [0, 0.1) is 0 Å². The van der Waals surface area contributed by atoms with Crippen molar-refractivity contribution in [1.29, 1.82) is 0 Å². The minimum atomic E-state index is -2.54. The number of aldehydes is 1. The number of benzene rings is 4. The number of carbonyl (C=O) groups excluding carboxylic acids is 2. The molecule has 0 aliphatic rings. The summed E-state index contributed by atoms with van der Waals surface area (Å²) in [6, 6.07) is 39.1. The van der Waals surface area contributed by atoms with E-state index < -0.39 is 13.0 Å². The number of nitrogens with one attached hydrogen (secondary N) is 1. The number of hydrogen-bond acceptors (Lipinski definition) is 2. The Balaban J connectivity index is 0.00000289. The highest BCUT2D eigenvalue weighted by atomic mass is 35.5. The lowest BCUT2D eigenvalue weighted by molar-refractivity contribution is -0.107. The van der Waals surface area contributed by atoms with E-state index in [0.717, 1.165) is 22.2 Å². The van der Waals surface area contributed by atoms with Crippen LogP contribution < -0.4 is 33.6 Å². The standard InChI is InChI=1S/C27H22NO2P.ClH/c29-21-26(28-27(30)22-13-5-1-6-14-22)31(23-15-7-2-8-16-23,24-17-9-3-10-18-24)25-19-11-4-12-20-25;/h1-21,26H;1H. The van der Waals surface area contributed by atoms with Crippen LogP contribution in [0.3, 0.4) is 0 Å². The van der Waals surface area contributed by atoms with Gasteiger partial charge in [0.05, 0.1) is 0 Å². The summed E-state index contributed by atoms with van der Waals surface area (Å²) in [7, 11) is -2.54. The van der Waals surface area contributed by atoms with Crippen molar-refractivity contribution in [3.8, 4) is 0 Å². The van der Waals surface area contributed by atoms with Crippen LogP contribution in [0.25, 0.3) is 0 Å². The average Bonchev–Trinajstić information content (AvgIpc) is 2.86. The molecule has 0 saturated carbocycles. The fourth-order valence-electron chi connectivity index (χ4n) is 3.95. The highest BCUT2D eigenvalue weighted by Crippen LogP contribution is 2.58. The lowest BCUT2D eigenvalue weighted by Gasteiger charge is -2.32. The van der Waals surface area contributed by atoms with Gasteiger partial charge in [-0.15, -0.1) is 0 Å². The zero-order valence-electron chi connectivity index (χ0n) is 17.3. The van der Waals surface area contributed by atoms with Crippen molar-refractivity contribution >= 4 is 35.4 Å². The first-order chi connectivity index (χ1) is 15.3. The number of hydrogen-bond donors (Lipinski definition) is 1. The van der Waals surface area contributed by atoms with Crippen molar-refractivity contribution in [2.75, 3.05) is 0 Å². The van der Waals surface area contributed by atoms with Crippen molar-refractivity contribution in [1.82, 2.24) is 5.32 Å². The number of amides is 1. The molecule has 0 aliphatic carbocycles. The molecule has 0 aromatic heterocycles. The van der Waals surface area contributed by atoms with Gasteiger partial charge in [0.15, 0.2) is 6.29 Å². The van der Waals surface area contributed by atoms with Crippen LogP contribution in [0.1, 0.15) is 10.4 Å². The fourth-order valence-corrected chi connectivity index (χ4v) is 8.23. The van der Waals surface area contributed by atoms with Gasteiger partial charge in [-0.05, 0) is 48.5 Å². The smallest absolute Gasteiger partial charge is 0.254 e. The molecule has 0 heterocycles. The Morgan fingerprint density at radius 1 is 0.625 bits per heavy atom. The maximum absolute atomic E-state index is 13.1. The van der Waals surface area contributed by atoms with Gasteiger partial charge in [-0.3, -0.25) is 9.59 Å². The molecule has 1 atom stereocenters. The molecular weight excluding hydrogens is 437 g/mol. The van der Waals surface area contributed by atoms with Gasteiger partial charge in [0.2, 0.25) is 5.78 Å². The normalized spacial score (nSPS) is 11.6. The third kappa shape index (κ3) is 4.50. The second-order valence-electron chi connectivity index (χ2n) is 7.15. The van der Waals surface area contributed by atoms with E-state index in [2.05, 4.69) is 41.7 Å². The van der Waals surface area contributed by atoms with Crippen LogP contribution in [-0.4, -0.2) is 18.0 Å². The molecule has 1 unspecified atom stereocenters. The summed E-state index contributed by atoms with van der Waals surface area (Å²) in [5.41, 5.74) is 0.529. The van der Waals surface area contributed by atoms with Gasteiger partial charge in [-0.2, -0.15) is 0 Å². The Morgan fingerprint density at radius 3 is 1.31 bits per heavy atom. The van der Waals surface area contributed by atoms with E-state index in [0.29, 0.717) is 5.56 Å². The van der Waals surface area contributed by atoms with E-state index in [9.17, 15) is 9.59 Å². The summed E-state index contributed by atoms with van der Waals surface area (Å²) >= 11 is 0. The van der Waals surface area contributed by atoms with Crippen LogP contribution in [0.15, 0.2) is 121 Å². The number of halogens is 1. The molecule has 0 fully saturated rings. The lowest BCUT2D eigenvalue weighted by Crippen LogP contribution is -3.00. The van der Waals surface area contributed by atoms with Crippen LogP contribution in [0.2, 0.25) is 0 Å². The zero-order valence-corrected chi connectivity index (χ0v) is 19.0. The maximum Gasteiger partial charge on any atom is 0.254 e. The maximum atomic E-state index is 13.1. The minimum Gasteiger partial charge on any atom is -1.00 e. The van der Waals surface area contributed by atoms with E-state index in [-0.39, 0.29) is 18.3 Å². The molecule has 4 aromatic carbocycles. The van der Waals surface area contributed by atoms with Crippen molar-refractivity contribution in [3.63, 3.8) is 0 Å². The van der Waals surface area contributed by atoms with Gasteiger partial charge in [0, 0.05) is 5.56 Å². The second-order valence-corrected chi connectivity index (χ2v) is 10.7. The van der Waals surface area contributed by atoms with E-state index in [1.165, 1.54) is 0 Å². The molecule has 32 heavy (non-hydrogen) atoms. The second kappa shape index (κ2) is 10.9. The molecule has 1 amide bonds. The van der Waals surface area contributed by atoms with Crippen molar-refractivity contribution in [2.24, 2.45) is 0 Å². The first kappa shape index (κ1) is 23.4. The quantitative estimate of drug-likeness (QED) is 0.330. The molecule has 5 heteroatoms. The average molecular weight is 460 g/mol. The van der Waals surface area contributed by atoms with E-state index >= 15 is 0 Å². The lowest BCUT2D eigenvalue weighted by atomic mass is 10.2. The Bertz CT molecular complexity index is 1040. The van der Waals surface area contributed by atoms with E-state index in [1.54, 1.807) is 12.1 Å². The van der Waals surface area contributed by atoms with Crippen molar-refractivity contribution in [2.45, 2.75) is 5.78 Å². The van der Waals surface area contributed by atoms with Gasteiger partial charge >= 0.3 is 0 Å². The molecule has 1 N–H and O–H groups in total. The molecule has 4 rings (SSSR count). The third-order valence-corrected chi connectivity index (χ3v) is 9.77. The molecule has 0 aliphatic heterocycles. The first-order valence-corrected chi connectivity index (χ1v) is 12.0. The van der Waals surface area contributed by atoms with E-state index in [4.69, 9.17) is 0 Å². The molecule has 3 nitrogen and oxygen atoms in total. The van der Waals surface area contributed by atoms with Crippen LogP contribution in [0.5, 0.6) is 0 Å². The van der Waals surface area contributed by atoms with Crippen molar-refractivity contribution in [3.05, 3.63) is 127 Å². The molecule has 0 spiro atoms. The Kier molecular flexibility index (Phi) is 7.94. The Morgan fingerprint density at radius 2 is 0.969 bits per heavy atom. The van der Waals surface area contributed by atoms with Gasteiger partial charge < -0.3 is 17.7 Å². The van der Waals surface area contributed by atoms with Gasteiger partial charge in [0.1, 0.15) is 23.2 Å². The molecule has 0 bridgehead atoms. The Labute approximate surface area is 195 Å². The zero-order chi connectivity index (χ0) is 21.5.